The van der Waals surface area contributed by atoms with E-state index < -0.39 is 5.91 Å². The summed E-state index contributed by atoms with van der Waals surface area (Å²) in [5.74, 6) is 1.46. The van der Waals surface area contributed by atoms with Gasteiger partial charge in [0.25, 0.3) is 5.91 Å². The fourth-order valence-corrected chi connectivity index (χ4v) is 2.28. The Morgan fingerprint density at radius 3 is 2.31 bits per heavy atom. The number of amides is 1. The van der Waals surface area contributed by atoms with Gasteiger partial charge in [0.15, 0.2) is 18.1 Å². The lowest BCUT2D eigenvalue weighted by Crippen LogP contribution is -2.24. The fourth-order valence-electron chi connectivity index (χ4n) is 2.09. The second-order valence-corrected chi connectivity index (χ2v) is 5.38. The number of benzene rings is 2. The summed E-state index contributed by atoms with van der Waals surface area (Å²) < 4.78 is 21.1. The molecule has 7 nitrogen and oxygen atoms in total. The molecule has 0 aliphatic heterocycles. The molecule has 0 spiro atoms. The highest BCUT2D eigenvalue weighted by molar-refractivity contribution is 6.32. The van der Waals surface area contributed by atoms with Crippen LogP contribution in [0.4, 0.5) is 0 Å². The number of para-hydroxylation sites is 1. The first-order valence-corrected chi connectivity index (χ1v) is 7.96. The van der Waals surface area contributed by atoms with Crippen molar-refractivity contribution in [3.63, 3.8) is 0 Å². The molecule has 138 valence electrons. The Bertz CT molecular complexity index is 770. The third-order valence-corrected chi connectivity index (χ3v) is 3.60. The van der Waals surface area contributed by atoms with Crippen LogP contribution in [-0.4, -0.2) is 40.1 Å². The molecule has 0 heterocycles. The molecule has 1 N–H and O–H groups in total. The lowest BCUT2D eigenvalue weighted by molar-refractivity contribution is -0.123. The normalized spacial score (nSPS) is 10.5. The minimum atomic E-state index is -0.423. The molecule has 0 fully saturated rings. The lowest BCUT2D eigenvalue weighted by atomic mass is 10.2. The molecule has 0 radical (unpaired) electrons. The van der Waals surface area contributed by atoms with Crippen molar-refractivity contribution in [1.82, 2.24) is 5.43 Å². The van der Waals surface area contributed by atoms with Crippen LogP contribution < -0.4 is 24.4 Å². The van der Waals surface area contributed by atoms with E-state index in [0.29, 0.717) is 33.6 Å². The number of rotatable bonds is 8. The van der Waals surface area contributed by atoms with E-state index in [-0.39, 0.29) is 6.61 Å². The van der Waals surface area contributed by atoms with Gasteiger partial charge in [-0.15, -0.1) is 0 Å². The number of carbonyl (C=O) groups is 1. The molecule has 0 bridgehead atoms. The maximum atomic E-state index is 11.8. The highest BCUT2D eigenvalue weighted by Gasteiger charge is 2.12. The molecule has 0 saturated carbocycles. The Balaban J connectivity index is 1.97. The van der Waals surface area contributed by atoms with E-state index in [1.54, 1.807) is 36.4 Å². The molecule has 8 heteroatoms. The van der Waals surface area contributed by atoms with E-state index in [1.807, 2.05) is 0 Å². The minimum absolute atomic E-state index is 0.212. The maximum absolute atomic E-state index is 11.8. The van der Waals surface area contributed by atoms with Gasteiger partial charge < -0.3 is 18.9 Å². The first-order chi connectivity index (χ1) is 12.6. The first kappa shape index (κ1) is 19.4. The van der Waals surface area contributed by atoms with Crippen LogP contribution in [0.25, 0.3) is 0 Å². The summed E-state index contributed by atoms with van der Waals surface area (Å²) >= 11 is 5.95. The number of nitrogens with one attached hydrogen (secondary N) is 1. The van der Waals surface area contributed by atoms with Crippen molar-refractivity contribution in [2.24, 2.45) is 5.10 Å². The quantitative estimate of drug-likeness (QED) is 0.564. The van der Waals surface area contributed by atoms with E-state index in [4.69, 9.17) is 30.5 Å². The third kappa shape index (κ3) is 5.03. The standard InChI is InChI=1S/C18H19ClN2O5/c1-23-15-8-12(9-16(24-2)18(15)25-3)10-20-21-17(22)11-26-14-7-5-4-6-13(14)19/h4-10H,11H2,1-3H3,(H,21,22). The fraction of sp³-hybridized carbons (Fsp3) is 0.222. The molecule has 26 heavy (non-hydrogen) atoms. The number of hydrogen-bond donors (Lipinski definition) is 1. The average Bonchev–Trinajstić information content (AvgIpc) is 2.66. The van der Waals surface area contributed by atoms with E-state index in [0.717, 1.165) is 0 Å². The number of nitrogens with zero attached hydrogens (tertiary/aromatic N) is 1. The number of ether oxygens (including phenoxy) is 4. The van der Waals surface area contributed by atoms with Crippen LogP contribution in [0, 0.1) is 0 Å². The number of methoxy groups -OCH3 is 3. The van der Waals surface area contributed by atoms with Crippen LogP contribution in [0.2, 0.25) is 5.02 Å². The maximum Gasteiger partial charge on any atom is 0.277 e. The van der Waals surface area contributed by atoms with Crippen LogP contribution in [0.15, 0.2) is 41.5 Å². The Hall–Kier alpha value is -2.93. The SMILES string of the molecule is COc1cc(C=NNC(=O)COc2ccccc2Cl)cc(OC)c1OC. The van der Waals surface area contributed by atoms with Gasteiger partial charge in [-0.1, -0.05) is 23.7 Å². The Labute approximate surface area is 156 Å². The molecule has 2 aromatic carbocycles. The van der Waals surface area contributed by atoms with E-state index in [1.165, 1.54) is 27.5 Å². The molecule has 1 amide bonds. The van der Waals surface area contributed by atoms with Crippen molar-refractivity contribution < 1.29 is 23.7 Å². The molecular weight excluding hydrogens is 360 g/mol. The van der Waals surface area contributed by atoms with Gasteiger partial charge in [0.1, 0.15) is 5.75 Å². The number of hydrogen-bond acceptors (Lipinski definition) is 6. The van der Waals surface area contributed by atoms with E-state index >= 15 is 0 Å². The van der Waals surface area contributed by atoms with Crippen molar-refractivity contribution in [3.8, 4) is 23.0 Å². The van der Waals surface area contributed by atoms with E-state index in [9.17, 15) is 4.79 Å². The molecule has 0 saturated heterocycles. The molecule has 0 atom stereocenters. The smallest absolute Gasteiger partial charge is 0.277 e. The van der Waals surface area contributed by atoms with Crippen LogP contribution in [0.3, 0.4) is 0 Å². The van der Waals surface area contributed by atoms with Crippen LogP contribution >= 0.6 is 11.6 Å². The number of hydrazone groups is 1. The summed E-state index contributed by atoms with van der Waals surface area (Å²) in [5.41, 5.74) is 3.03. The minimum Gasteiger partial charge on any atom is -0.493 e. The predicted molar refractivity (Wildman–Crippen MR) is 98.8 cm³/mol. The summed E-state index contributed by atoms with van der Waals surface area (Å²) in [7, 11) is 4.56. The summed E-state index contributed by atoms with van der Waals surface area (Å²) in [6, 6.07) is 10.3. The number of halogens is 1. The van der Waals surface area contributed by atoms with Crippen LogP contribution in [-0.2, 0) is 4.79 Å². The Kier molecular flexibility index (Phi) is 7.11. The first-order valence-electron chi connectivity index (χ1n) is 7.58. The molecule has 2 aromatic rings. The van der Waals surface area contributed by atoms with Crippen molar-refractivity contribution >= 4 is 23.7 Å². The summed E-state index contributed by atoms with van der Waals surface area (Å²) in [5, 5.41) is 4.32. The van der Waals surface area contributed by atoms with Crippen molar-refractivity contribution in [2.45, 2.75) is 0 Å². The van der Waals surface area contributed by atoms with Gasteiger partial charge >= 0.3 is 0 Å². The molecule has 0 aromatic heterocycles. The van der Waals surface area contributed by atoms with Crippen LogP contribution in [0.1, 0.15) is 5.56 Å². The van der Waals surface area contributed by atoms with Crippen LogP contribution in [0.5, 0.6) is 23.0 Å². The van der Waals surface area contributed by atoms with Gasteiger partial charge in [0.2, 0.25) is 5.75 Å². The Morgan fingerprint density at radius 1 is 1.08 bits per heavy atom. The zero-order valence-corrected chi connectivity index (χ0v) is 15.4. The summed E-state index contributed by atoms with van der Waals surface area (Å²) in [6.45, 7) is -0.212. The number of carbonyl (C=O) groups excluding carboxylic acids is 1. The molecular formula is C18H19ClN2O5. The zero-order chi connectivity index (χ0) is 18.9. The molecule has 0 unspecified atom stereocenters. The second kappa shape index (κ2) is 9.53. The third-order valence-electron chi connectivity index (χ3n) is 3.29. The van der Waals surface area contributed by atoms with Gasteiger partial charge in [-0.05, 0) is 24.3 Å². The van der Waals surface area contributed by atoms with Gasteiger partial charge in [0.05, 0.1) is 32.6 Å². The highest BCUT2D eigenvalue weighted by atomic mass is 35.5. The lowest BCUT2D eigenvalue weighted by Gasteiger charge is -2.12. The molecule has 0 aliphatic rings. The van der Waals surface area contributed by atoms with Gasteiger partial charge in [-0.2, -0.15) is 5.10 Å². The highest BCUT2D eigenvalue weighted by Crippen LogP contribution is 2.37. The van der Waals surface area contributed by atoms with Crippen molar-refractivity contribution in [2.75, 3.05) is 27.9 Å². The van der Waals surface area contributed by atoms with E-state index in [2.05, 4.69) is 10.5 Å². The van der Waals surface area contributed by atoms with Gasteiger partial charge in [-0.25, -0.2) is 5.43 Å². The van der Waals surface area contributed by atoms with Gasteiger partial charge in [-0.3, -0.25) is 4.79 Å². The summed E-state index contributed by atoms with van der Waals surface area (Å²) in [6.07, 6.45) is 1.46. The molecule has 2 rings (SSSR count). The second-order valence-electron chi connectivity index (χ2n) is 4.97. The largest absolute Gasteiger partial charge is 0.493 e. The molecule has 0 aliphatic carbocycles. The average molecular weight is 379 g/mol. The van der Waals surface area contributed by atoms with Crippen molar-refractivity contribution in [3.05, 3.63) is 47.0 Å². The predicted octanol–water partition coefficient (Wildman–Crippen LogP) is 2.89. The van der Waals surface area contributed by atoms with Crippen molar-refractivity contribution in [1.29, 1.82) is 0 Å². The Morgan fingerprint density at radius 2 is 1.73 bits per heavy atom. The summed E-state index contributed by atoms with van der Waals surface area (Å²) in [4.78, 5) is 11.8. The topological polar surface area (TPSA) is 78.4 Å². The monoisotopic (exact) mass is 378 g/mol. The van der Waals surface area contributed by atoms with Gasteiger partial charge in [0, 0.05) is 5.56 Å². The zero-order valence-electron chi connectivity index (χ0n) is 14.6.